The first-order valence-corrected chi connectivity index (χ1v) is 9.52. The van der Waals surface area contributed by atoms with Gasteiger partial charge in [-0.15, -0.1) is 0 Å². The second-order valence-corrected chi connectivity index (χ2v) is 6.52. The largest absolute Gasteiger partial charge is 0.462 e. The lowest BCUT2D eigenvalue weighted by atomic mass is 10.1. The Balaban J connectivity index is 1.95. The van der Waals surface area contributed by atoms with Crippen LogP contribution in [-0.2, 0) is 16.1 Å². The average Bonchev–Trinajstić information content (AvgIpc) is 3.15. The van der Waals surface area contributed by atoms with Gasteiger partial charge in [-0.05, 0) is 30.2 Å². The number of unbranched alkanes of at least 4 members (excludes halogenated alkanes) is 1. The van der Waals surface area contributed by atoms with Crippen LogP contribution in [0.5, 0.6) is 0 Å². The summed E-state index contributed by atoms with van der Waals surface area (Å²) >= 11 is 0. The van der Waals surface area contributed by atoms with Gasteiger partial charge in [0.15, 0.2) is 0 Å². The molecule has 1 aromatic carbocycles. The van der Waals surface area contributed by atoms with Crippen molar-refractivity contribution in [1.29, 1.82) is 5.26 Å². The quantitative estimate of drug-likeness (QED) is 0.250. The van der Waals surface area contributed by atoms with Crippen molar-refractivity contribution >= 4 is 12.0 Å². The average molecular weight is 386 g/mol. The Bertz CT molecular complexity index is 1020. The van der Waals surface area contributed by atoms with E-state index in [1.807, 2.05) is 61.7 Å². The number of nitrogens with zero attached hydrogens (tertiary/aromatic N) is 4. The van der Waals surface area contributed by atoms with Crippen molar-refractivity contribution in [1.82, 2.24) is 14.8 Å². The highest BCUT2D eigenvalue weighted by Gasteiger charge is 2.15. The Labute approximate surface area is 170 Å². The van der Waals surface area contributed by atoms with Gasteiger partial charge in [0, 0.05) is 29.7 Å². The summed E-state index contributed by atoms with van der Waals surface area (Å²) in [5.41, 5.74) is 3.18. The second-order valence-electron chi connectivity index (χ2n) is 6.52. The van der Waals surface area contributed by atoms with Crippen molar-refractivity contribution in [2.45, 2.75) is 26.3 Å². The summed E-state index contributed by atoms with van der Waals surface area (Å²) in [5.74, 6) is -0.617. The molecule has 0 amide bonds. The summed E-state index contributed by atoms with van der Waals surface area (Å²) in [7, 11) is 0. The van der Waals surface area contributed by atoms with E-state index in [9.17, 15) is 10.1 Å². The number of carbonyl (C=O) groups is 1. The van der Waals surface area contributed by atoms with Gasteiger partial charge in [0.05, 0.1) is 13.2 Å². The number of esters is 1. The molecule has 0 aliphatic rings. The van der Waals surface area contributed by atoms with Crippen LogP contribution in [0.3, 0.4) is 0 Å². The number of ether oxygens (including phenoxy) is 1. The molecule has 0 aliphatic carbocycles. The highest BCUT2D eigenvalue weighted by molar-refractivity contribution is 5.98. The number of carbonyl (C=O) groups excluding carboxylic acids is 1. The van der Waals surface area contributed by atoms with E-state index in [4.69, 9.17) is 4.74 Å². The number of nitriles is 1. The smallest absolute Gasteiger partial charge is 0.348 e. The molecule has 0 unspecified atom stereocenters. The van der Waals surface area contributed by atoms with E-state index in [1.165, 1.54) is 6.08 Å². The summed E-state index contributed by atoms with van der Waals surface area (Å²) in [6, 6.07) is 15.6. The van der Waals surface area contributed by atoms with Gasteiger partial charge < -0.3 is 4.74 Å². The molecule has 0 spiro atoms. The third-order valence-electron chi connectivity index (χ3n) is 4.28. The first-order valence-electron chi connectivity index (χ1n) is 9.52. The van der Waals surface area contributed by atoms with Crippen molar-refractivity contribution in [2.24, 2.45) is 0 Å². The zero-order chi connectivity index (χ0) is 20.5. The number of pyridine rings is 1. The highest BCUT2D eigenvalue weighted by Crippen LogP contribution is 2.24. The van der Waals surface area contributed by atoms with Crippen molar-refractivity contribution in [2.75, 3.05) is 6.61 Å². The van der Waals surface area contributed by atoms with E-state index in [2.05, 4.69) is 10.1 Å². The van der Waals surface area contributed by atoms with E-state index in [1.54, 1.807) is 17.1 Å². The lowest BCUT2D eigenvalue weighted by molar-refractivity contribution is -0.138. The molecule has 2 aromatic heterocycles. The van der Waals surface area contributed by atoms with Crippen LogP contribution in [0.4, 0.5) is 0 Å². The summed E-state index contributed by atoms with van der Waals surface area (Å²) in [6.45, 7) is 2.89. The van der Waals surface area contributed by atoms with Crippen molar-refractivity contribution in [3.8, 4) is 17.3 Å². The molecule has 6 nitrogen and oxygen atoms in total. The van der Waals surface area contributed by atoms with Gasteiger partial charge in [0.25, 0.3) is 0 Å². The Morgan fingerprint density at radius 3 is 2.76 bits per heavy atom. The molecule has 146 valence electrons. The fourth-order valence-corrected chi connectivity index (χ4v) is 2.80. The topological polar surface area (TPSA) is 80.8 Å². The van der Waals surface area contributed by atoms with E-state index in [0.717, 1.165) is 24.0 Å². The molecule has 6 heteroatoms. The fraction of sp³-hybridized carbons (Fsp3) is 0.217. The van der Waals surface area contributed by atoms with Crippen LogP contribution < -0.4 is 0 Å². The molecular weight excluding hydrogens is 364 g/mol. The van der Waals surface area contributed by atoms with E-state index in [-0.39, 0.29) is 5.57 Å². The van der Waals surface area contributed by atoms with Gasteiger partial charge in [-0.25, -0.2) is 4.79 Å². The van der Waals surface area contributed by atoms with Crippen LogP contribution in [-0.4, -0.2) is 27.3 Å². The summed E-state index contributed by atoms with van der Waals surface area (Å²) in [6.07, 6.45) is 8.43. The first kappa shape index (κ1) is 20.0. The molecule has 3 rings (SSSR count). The van der Waals surface area contributed by atoms with Gasteiger partial charge in [0.2, 0.25) is 0 Å². The normalized spacial score (nSPS) is 11.1. The molecule has 0 N–H and O–H groups in total. The molecule has 0 bridgehead atoms. The number of benzene rings is 1. The lowest BCUT2D eigenvalue weighted by Crippen LogP contribution is -2.07. The van der Waals surface area contributed by atoms with E-state index in [0.29, 0.717) is 24.4 Å². The monoisotopic (exact) mass is 386 g/mol. The molecule has 0 radical (unpaired) electrons. The summed E-state index contributed by atoms with van der Waals surface area (Å²) in [5, 5.41) is 14.1. The third-order valence-corrected chi connectivity index (χ3v) is 4.28. The minimum Gasteiger partial charge on any atom is -0.462 e. The highest BCUT2D eigenvalue weighted by atomic mass is 16.5. The fourth-order valence-electron chi connectivity index (χ4n) is 2.80. The number of aromatic nitrogens is 3. The molecule has 0 saturated heterocycles. The summed E-state index contributed by atoms with van der Waals surface area (Å²) in [4.78, 5) is 16.4. The molecule has 29 heavy (non-hydrogen) atoms. The van der Waals surface area contributed by atoms with Gasteiger partial charge in [-0.3, -0.25) is 9.67 Å². The van der Waals surface area contributed by atoms with Crippen LogP contribution in [0, 0.1) is 11.3 Å². The van der Waals surface area contributed by atoms with E-state index < -0.39 is 5.97 Å². The van der Waals surface area contributed by atoms with Gasteiger partial charge in [-0.1, -0.05) is 43.7 Å². The molecule has 3 aromatic rings. The predicted molar refractivity (Wildman–Crippen MR) is 110 cm³/mol. The Morgan fingerprint density at radius 1 is 1.24 bits per heavy atom. The van der Waals surface area contributed by atoms with Crippen LogP contribution in [0.1, 0.15) is 30.9 Å². The van der Waals surface area contributed by atoms with Gasteiger partial charge >= 0.3 is 5.97 Å². The molecule has 0 atom stereocenters. The number of hydrogen-bond donors (Lipinski definition) is 0. The Hall–Kier alpha value is -3.72. The molecule has 0 aliphatic heterocycles. The van der Waals surface area contributed by atoms with Crippen molar-refractivity contribution < 1.29 is 9.53 Å². The zero-order valence-corrected chi connectivity index (χ0v) is 16.3. The minimum absolute atomic E-state index is 0.0505. The maximum atomic E-state index is 12.2. The van der Waals surface area contributed by atoms with Crippen molar-refractivity contribution in [3.63, 3.8) is 0 Å². The van der Waals surface area contributed by atoms with Crippen LogP contribution in [0.2, 0.25) is 0 Å². The van der Waals surface area contributed by atoms with Crippen LogP contribution in [0.25, 0.3) is 17.3 Å². The van der Waals surface area contributed by atoms with E-state index >= 15 is 0 Å². The lowest BCUT2D eigenvalue weighted by Gasteiger charge is -2.02. The third kappa shape index (κ3) is 5.39. The Kier molecular flexibility index (Phi) is 6.90. The maximum Gasteiger partial charge on any atom is 0.348 e. The molecule has 0 saturated carbocycles. The standard InChI is InChI=1S/C23H22N4O2/c1-2-3-12-29-23(28)20(14-24)13-21-17-27(16-18-8-5-4-6-9-18)26-22(21)19-10-7-11-25-15-19/h4-11,13,15,17H,2-3,12,16H2,1H3/b20-13+. The minimum atomic E-state index is -0.617. The second kappa shape index (κ2) is 10.00. The number of hydrogen-bond acceptors (Lipinski definition) is 5. The van der Waals surface area contributed by atoms with Crippen LogP contribution >= 0.6 is 0 Å². The van der Waals surface area contributed by atoms with Gasteiger partial charge in [0.1, 0.15) is 17.3 Å². The summed E-state index contributed by atoms with van der Waals surface area (Å²) < 4.78 is 6.98. The first-order chi connectivity index (χ1) is 14.2. The number of rotatable bonds is 8. The predicted octanol–water partition coefficient (Wildman–Crippen LogP) is 4.24. The zero-order valence-electron chi connectivity index (χ0n) is 16.3. The van der Waals surface area contributed by atoms with Crippen molar-refractivity contribution in [3.05, 3.63) is 77.8 Å². The Morgan fingerprint density at radius 2 is 2.07 bits per heavy atom. The maximum absolute atomic E-state index is 12.2. The molecular formula is C23H22N4O2. The SMILES string of the molecule is CCCCOC(=O)/C(C#N)=C/c1cn(Cc2ccccc2)nc1-c1cccnc1. The molecule has 0 fully saturated rings. The molecule has 2 heterocycles. The van der Waals surface area contributed by atoms with Gasteiger partial charge in [-0.2, -0.15) is 10.4 Å². The van der Waals surface area contributed by atoms with Crippen LogP contribution in [0.15, 0.2) is 66.6 Å².